The predicted molar refractivity (Wildman–Crippen MR) is 89.7 cm³/mol. The van der Waals surface area contributed by atoms with Gasteiger partial charge in [0.1, 0.15) is 0 Å². The maximum absolute atomic E-state index is 12.4. The Morgan fingerprint density at radius 3 is 2.35 bits per heavy atom. The number of rotatable bonds is 7. The Labute approximate surface area is 130 Å². The van der Waals surface area contributed by atoms with Crippen LogP contribution in [0.5, 0.6) is 0 Å². The fraction of sp³-hybridized carbons (Fsp3) is 0.625. The molecule has 0 spiro atoms. The first-order chi connectivity index (χ1) is 9.32. The third kappa shape index (κ3) is 6.38. The zero-order valence-electron chi connectivity index (χ0n) is 12.9. The summed E-state index contributed by atoms with van der Waals surface area (Å²) in [7, 11) is -0.863. The minimum atomic E-state index is -0.863. The minimum absolute atomic E-state index is 0.116. The van der Waals surface area contributed by atoms with Gasteiger partial charge in [-0.15, -0.1) is 0 Å². The lowest BCUT2D eigenvalue weighted by molar-refractivity contribution is 0.290. The van der Waals surface area contributed by atoms with Gasteiger partial charge in [0.05, 0.1) is 0 Å². The Morgan fingerprint density at radius 1 is 1.25 bits per heavy atom. The van der Waals surface area contributed by atoms with Gasteiger partial charge in [0.25, 0.3) is 0 Å². The van der Waals surface area contributed by atoms with Gasteiger partial charge < -0.3 is 5.32 Å². The summed E-state index contributed by atoms with van der Waals surface area (Å²) >= 11 is 5.86. The highest BCUT2D eigenvalue weighted by molar-refractivity contribution is 7.84. The first kappa shape index (κ1) is 17.7. The van der Waals surface area contributed by atoms with Crippen LogP contribution in [0.4, 0.5) is 0 Å². The van der Waals surface area contributed by atoms with Crippen molar-refractivity contribution < 1.29 is 4.21 Å². The maximum atomic E-state index is 12.4. The van der Waals surface area contributed by atoms with E-state index in [4.69, 9.17) is 11.6 Å². The van der Waals surface area contributed by atoms with E-state index in [0.29, 0.717) is 11.5 Å². The summed E-state index contributed by atoms with van der Waals surface area (Å²) in [5, 5.41) is 4.24. The Hall–Kier alpha value is -0.380. The van der Waals surface area contributed by atoms with Crippen molar-refractivity contribution in [1.29, 1.82) is 0 Å². The second kappa shape index (κ2) is 8.16. The molecule has 2 unspecified atom stereocenters. The van der Waals surface area contributed by atoms with Gasteiger partial charge in [0, 0.05) is 33.4 Å². The lowest BCUT2D eigenvalue weighted by atomic mass is 9.88. The van der Waals surface area contributed by atoms with E-state index >= 15 is 0 Å². The third-order valence-electron chi connectivity index (χ3n) is 3.28. The smallest absolute Gasteiger partial charge is 0.0486 e. The SMILES string of the molecule is CCCNC(CS(=O)Cc1ccc(Cl)cc1)C(C)(C)C. The van der Waals surface area contributed by atoms with Crippen LogP contribution in [0.1, 0.15) is 39.7 Å². The van der Waals surface area contributed by atoms with E-state index in [0.717, 1.165) is 23.6 Å². The number of nitrogens with one attached hydrogen (secondary N) is 1. The molecular weight excluding hydrogens is 290 g/mol. The fourth-order valence-corrected chi connectivity index (χ4v) is 3.74. The lowest BCUT2D eigenvalue weighted by Gasteiger charge is -2.31. The average Bonchev–Trinajstić information content (AvgIpc) is 2.36. The molecule has 2 nitrogen and oxygen atoms in total. The Kier molecular flexibility index (Phi) is 7.21. The highest BCUT2D eigenvalue weighted by atomic mass is 35.5. The number of hydrogen-bond acceptors (Lipinski definition) is 2. The average molecular weight is 316 g/mol. The molecule has 0 bridgehead atoms. The molecule has 0 saturated heterocycles. The first-order valence-electron chi connectivity index (χ1n) is 7.15. The van der Waals surface area contributed by atoms with E-state index in [9.17, 15) is 4.21 Å². The molecule has 0 amide bonds. The second-order valence-corrected chi connectivity index (χ2v) is 8.19. The van der Waals surface area contributed by atoms with Crippen molar-refractivity contribution >= 4 is 22.4 Å². The van der Waals surface area contributed by atoms with E-state index < -0.39 is 10.8 Å². The van der Waals surface area contributed by atoms with Gasteiger partial charge in [-0.2, -0.15) is 0 Å². The summed E-state index contributed by atoms with van der Waals surface area (Å²) in [5.41, 5.74) is 1.20. The topological polar surface area (TPSA) is 29.1 Å². The number of halogens is 1. The van der Waals surface area contributed by atoms with Gasteiger partial charge in [-0.3, -0.25) is 4.21 Å². The highest BCUT2D eigenvalue weighted by Crippen LogP contribution is 2.21. The summed E-state index contributed by atoms with van der Waals surface area (Å²) < 4.78 is 12.4. The summed E-state index contributed by atoms with van der Waals surface area (Å²) in [4.78, 5) is 0. The van der Waals surface area contributed by atoms with E-state index in [1.54, 1.807) is 0 Å². The van der Waals surface area contributed by atoms with Crippen LogP contribution in [0.2, 0.25) is 5.02 Å². The van der Waals surface area contributed by atoms with Gasteiger partial charge in [-0.05, 0) is 36.1 Å². The molecule has 0 aliphatic heterocycles. The van der Waals surface area contributed by atoms with Gasteiger partial charge in [0.15, 0.2) is 0 Å². The molecule has 0 aromatic heterocycles. The Bertz CT molecular complexity index is 425. The predicted octanol–water partition coefficient (Wildman–Crippen LogP) is 4.00. The summed E-state index contributed by atoms with van der Waals surface area (Å²) in [5.74, 6) is 1.28. The second-order valence-electron chi connectivity index (χ2n) is 6.25. The van der Waals surface area contributed by atoms with Crippen molar-refractivity contribution in [2.75, 3.05) is 12.3 Å². The molecule has 2 atom stereocenters. The van der Waals surface area contributed by atoms with E-state index in [1.807, 2.05) is 24.3 Å². The molecule has 0 radical (unpaired) electrons. The molecule has 0 saturated carbocycles. The minimum Gasteiger partial charge on any atom is -0.313 e. The molecule has 1 aromatic rings. The van der Waals surface area contributed by atoms with Gasteiger partial charge in [0.2, 0.25) is 0 Å². The monoisotopic (exact) mass is 315 g/mol. The standard InChI is InChI=1S/C16H26ClNOS/c1-5-10-18-15(16(2,3)4)12-20(19)11-13-6-8-14(17)9-7-13/h6-9,15,18H,5,10-12H2,1-4H3. The Balaban J connectivity index is 2.59. The van der Waals surface area contributed by atoms with Crippen molar-refractivity contribution in [1.82, 2.24) is 5.32 Å². The van der Waals surface area contributed by atoms with Gasteiger partial charge in [-0.25, -0.2) is 0 Å². The van der Waals surface area contributed by atoms with Crippen molar-refractivity contribution in [3.05, 3.63) is 34.9 Å². The van der Waals surface area contributed by atoms with Crippen LogP contribution in [0, 0.1) is 5.41 Å². The molecule has 1 rings (SSSR count). The zero-order chi connectivity index (χ0) is 15.2. The van der Waals surface area contributed by atoms with Gasteiger partial charge in [-0.1, -0.05) is 51.4 Å². The molecule has 20 heavy (non-hydrogen) atoms. The van der Waals surface area contributed by atoms with Gasteiger partial charge >= 0.3 is 0 Å². The third-order valence-corrected chi connectivity index (χ3v) is 4.89. The quantitative estimate of drug-likeness (QED) is 0.824. The molecule has 4 heteroatoms. The van der Waals surface area contributed by atoms with Crippen molar-refractivity contribution in [3.8, 4) is 0 Å². The highest BCUT2D eigenvalue weighted by Gasteiger charge is 2.25. The summed E-state index contributed by atoms with van der Waals surface area (Å²) in [6.45, 7) is 9.71. The normalized spacial score (nSPS) is 15.1. The Morgan fingerprint density at radius 2 is 1.85 bits per heavy atom. The molecule has 0 aliphatic carbocycles. The maximum Gasteiger partial charge on any atom is 0.0486 e. The molecular formula is C16H26ClNOS. The van der Waals surface area contributed by atoms with Crippen LogP contribution >= 0.6 is 11.6 Å². The van der Waals surface area contributed by atoms with Crippen LogP contribution in [0.3, 0.4) is 0 Å². The molecule has 0 aliphatic rings. The molecule has 1 N–H and O–H groups in total. The zero-order valence-corrected chi connectivity index (χ0v) is 14.5. The first-order valence-corrected chi connectivity index (χ1v) is 9.02. The van der Waals surface area contributed by atoms with Crippen LogP contribution in [0.15, 0.2) is 24.3 Å². The lowest BCUT2D eigenvalue weighted by Crippen LogP contribution is -2.44. The van der Waals surface area contributed by atoms with E-state index in [2.05, 4.69) is 33.0 Å². The summed E-state index contributed by atoms with van der Waals surface area (Å²) in [6.07, 6.45) is 1.09. The van der Waals surface area contributed by atoms with Crippen molar-refractivity contribution in [2.24, 2.45) is 5.41 Å². The van der Waals surface area contributed by atoms with Crippen LogP contribution in [-0.2, 0) is 16.6 Å². The molecule has 0 fully saturated rings. The van der Waals surface area contributed by atoms with Crippen LogP contribution < -0.4 is 5.32 Å². The van der Waals surface area contributed by atoms with E-state index in [1.165, 1.54) is 0 Å². The van der Waals surface area contributed by atoms with Crippen LogP contribution in [0.25, 0.3) is 0 Å². The van der Waals surface area contributed by atoms with Crippen molar-refractivity contribution in [2.45, 2.75) is 45.9 Å². The van der Waals surface area contributed by atoms with Crippen LogP contribution in [-0.4, -0.2) is 22.5 Å². The largest absolute Gasteiger partial charge is 0.313 e. The fourth-order valence-electron chi connectivity index (χ4n) is 1.95. The molecule has 114 valence electrons. The molecule has 1 aromatic carbocycles. The molecule has 0 heterocycles. The summed E-state index contributed by atoms with van der Waals surface area (Å²) in [6, 6.07) is 7.88. The number of benzene rings is 1. The van der Waals surface area contributed by atoms with E-state index in [-0.39, 0.29) is 11.5 Å². The number of hydrogen-bond donors (Lipinski definition) is 1. The van der Waals surface area contributed by atoms with Crippen molar-refractivity contribution in [3.63, 3.8) is 0 Å².